The van der Waals surface area contributed by atoms with Crippen molar-refractivity contribution in [2.45, 2.75) is 0 Å². The van der Waals surface area contributed by atoms with Crippen LogP contribution >= 0.6 is 11.3 Å². The van der Waals surface area contributed by atoms with Crippen LogP contribution < -0.4 is 0 Å². The molecule has 1 heterocycles. The molecule has 0 saturated heterocycles. The van der Waals surface area contributed by atoms with Gasteiger partial charge in [-0.1, -0.05) is 0 Å². The Bertz CT molecular complexity index is 387. The number of nitriles is 1. The maximum absolute atomic E-state index is 11.6. The van der Waals surface area contributed by atoms with Gasteiger partial charge in [0.25, 0.3) is 0 Å². The number of Topliss-reactive ketones (excluding diaryl/α,β-unsaturated/α-hetero) is 1. The van der Waals surface area contributed by atoms with Crippen LogP contribution in [0, 0.1) is 11.3 Å². The van der Waals surface area contributed by atoms with Gasteiger partial charge in [-0.15, -0.1) is 11.3 Å². The highest BCUT2D eigenvalue weighted by Gasteiger charge is 2.14. The predicted molar refractivity (Wildman–Crippen MR) is 53.8 cm³/mol. The molecule has 1 rings (SSSR count). The van der Waals surface area contributed by atoms with Crippen molar-refractivity contribution >= 4 is 17.1 Å². The number of carbonyl (C=O) groups is 1. The van der Waals surface area contributed by atoms with Gasteiger partial charge in [0.2, 0.25) is 5.78 Å². The molecule has 72 valence electrons. The summed E-state index contributed by atoms with van der Waals surface area (Å²) in [6.45, 7) is 0. The average molecular weight is 207 g/mol. The number of allylic oxidation sites excluding steroid dienone is 1. The number of carbonyl (C=O) groups excluding carboxylic acids is 1. The molecule has 0 aliphatic rings. The molecule has 0 saturated carbocycles. The Kier molecular flexibility index (Phi) is 3.37. The van der Waals surface area contributed by atoms with Crippen LogP contribution in [0.5, 0.6) is 0 Å². The molecule has 14 heavy (non-hydrogen) atoms. The van der Waals surface area contributed by atoms with Crippen LogP contribution in [0.3, 0.4) is 0 Å². The number of nitrogens with zero attached hydrogens (tertiary/aromatic N) is 3. The molecule has 1 aromatic heterocycles. The van der Waals surface area contributed by atoms with Gasteiger partial charge in [-0.2, -0.15) is 5.26 Å². The molecule has 0 amide bonds. The molecule has 5 heteroatoms. The van der Waals surface area contributed by atoms with E-state index in [0.717, 1.165) is 0 Å². The Hall–Kier alpha value is -1.67. The summed E-state index contributed by atoms with van der Waals surface area (Å²) in [4.78, 5) is 17.1. The monoisotopic (exact) mass is 207 g/mol. The van der Waals surface area contributed by atoms with Crippen LogP contribution in [-0.4, -0.2) is 29.8 Å². The van der Waals surface area contributed by atoms with E-state index in [1.165, 1.54) is 17.5 Å². The minimum atomic E-state index is -0.323. The summed E-state index contributed by atoms with van der Waals surface area (Å²) in [5, 5.41) is 10.8. The summed E-state index contributed by atoms with van der Waals surface area (Å²) in [5.74, 6) is -0.323. The molecule has 0 aliphatic carbocycles. The van der Waals surface area contributed by atoms with Gasteiger partial charge >= 0.3 is 0 Å². The van der Waals surface area contributed by atoms with Crippen LogP contribution in [0.15, 0.2) is 23.3 Å². The maximum Gasteiger partial charge on any atom is 0.233 e. The Balaban J connectivity index is 2.94. The van der Waals surface area contributed by atoms with Crippen molar-refractivity contribution in [1.29, 1.82) is 5.26 Å². The normalized spacial score (nSPS) is 10.8. The molecule has 0 aliphatic heterocycles. The zero-order valence-electron chi connectivity index (χ0n) is 7.89. The van der Waals surface area contributed by atoms with Crippen molar-refractivity contribution in [2.75, 3.05) is 14.1 Å². The van der Waals surface area contributed by atoms with E-state index in [4.69, 9.17) is 5.26 Å². The third-order valence-electron chi connectivity index (χ3n) is 1.38. The minimum Gasteiger partial charge on any atom is -0.382 e. The zero-order valence-corrected chi connectivity index (χ0v) is 8.71. The number of hydrogen-bond acceptors (Lipinski definition) is 5. The molecule has 4 nitrogen and oxygen atoms in total. The summed E-state index contributed by atoms with van der Waals surface area (Å²) in [6, 6.07) is 1.86. The smallest absolute Gasteiger partial charge is 0.233 e. The van der Waals surface area contributed by atoms with Gasteiger partial charge in [-0.05, 0) is 0 Å². The van der Waals surface area contributed by atoms with Crippen LogP contribution in [0.4, 0.5) is 0 Å². The van der Waals surface area contributed by atoms with Crippen molar-refractivity contribution < 1.29 is 4.79 Å². The van der Waals surface area contributed by atoms with Crippen molar-refractivity contribution in [1.82, 2.24) is 9.88 Å². The topological polar surface area (TPSA) is 57.0 Å². The van der Waals surface area contributed by atoms with E-state index in [1.807, 2.05) is 6.07 Å². The molecule has 0 unspecified atom stereocenters. The molecule has 0 aromatic carbocycles. The second-order valence-corrected chi connectivity index (χ2v) is 3.68. The fourth-order valence-corrected chi connectivity index (χ4v) is 1.44. The van der Waals surface area contributed by atoms with Crippen LogP contribution in [-0.2, 0) is 0 Å². The molecule has 1 aromatic rings. The lowest BCUT2D eigenvalue weighted by Gasteiger charge is -2.04. The summed E-state index contributed by atoms with van der Waals surface area (Å²) in [5.41, 5.74) is 0.102. The molecule has 0 radical (unpaired) electrons. The second-order valence-electron chi connectivity index (χ2n) is 2.78. The van der Waals surface area contributed by atoms with Gasteiger partial charge in [0.15, 0.2) is 5.01 Å². The van der Waals surface area contributed by atoms with Gasteiger partial charge in [0, 0.05) is 31.9 Å². The number of hydrogen-bond donors (Lipinski definition) is 0. The van der Waals surface area contributed by atoms with Crippen LogP contribution in [0.1, 0.15) is 9.80 Å². The zero-order chi connectivity index (χ0) is 10.6. The SMILES string of the molecule is CN(C)C=C(C#N)C(=O)c1nccs1. The quantitative estimate of drug-likeness (QED) is 0.426. The van der Waals surface area contributed by atoms with Gasteiger partial charge in [-0.25, -0.2) is 4.98 Å². The van der Waals surface area contributed by atoms with Gasteiger partial charge in [0.05, 0.1) is 0 Å². The molecule has 0 N–H and O–H groups in total. The lowest BCUT2D eigenvalue weighted by molar-refractivity contribution is 0.103. The van der Waals surface area contributed by atoms with E-state index in [2.05, 4.69) is 4.98 Å². The van der Waals surface area contributed by atoms with E-state index in [1.54, 1.807) is 30.6 Å². The summed E-state index contributed by atoms with van der Waals surface area (Å²) >= 11 is 1.23. The van der Waals surface area contributed by atoms with Crippen molar-refractivity contribution in [3.8, 4) is 6.07 Å². The number of ketones is 1. The number of rotatable bonds is 3. The van der Waals surface area contributed by atoms with Gasteiger partial charge in [-0.3, -0.25) is 4.79 Å². The Labute approximate surface area is 86.1 Å². The first-order valence-corrected chi connectivity index (χ1v) is 4.75. The summed E-state index contributed by atoms with van der Waals surface area (Å²) in [7, 11) is 3.51. The van der Waals surface area contributed by atoms with Gasteiger partial charge < -0.3 is 4.90 Å². The standard InChI is InChI=1S/C9H9N3OS/c1-12(2)6-7(5-10)8(13)9-11-3-4-14-9/h3-4,6H,1-2H3. The molecular formula is C9H9N3OS. The largest absolute Gasteiger partial charge is 0.382 e. The minimum absolute atomic E-state index is 0.102. The van der Waals surface area contributed by atoms with E-state index >= 15 is 0 Å². The van der Waals surface area contributed by atoms with Crippen LogP contribution in [0.25, 0.3) is 0 Å². The van der Waals surface area contributed by atoms with Crippen LogP contribution in [0.2, 0.25) is 0 Å². The van der Waals surface area contributed by atoms with E-state index in [9.17, 15) is 4.79 Å². The third-order valence-corrected chi connectivity index (χ3v) is 2.15. The third kappa shape index (κ3) is 2.41. The van der Waals surface area contributed by atoms with Crippen molar-refractivity contribution in [3.05, 3.63) is 28.4 Å². The maximum atomic E-state index is 11.6. The Morgan fingerprint density at radius 3 is 2.86 bits per heavy atom. The van der Waals surface area contributed by atoms with E-state index in [-0.39, 0.29) is 11.4 Å². The van der Waals surface area contributed by atoms with Gasteiger partial charge in [0.1, 0.15) is 11.6 Å². The van der Waals surface area contributed by atoms with E-state index in [0.29, 0.717) is 5.01 Å². The molecule has 0 fully saturated rings. The lowest BCUT2D eigenvalue weighted by atomic mass is 10.2. The first-order valence-electron chi connectivity index (χ1n) is 3.87. The Morgan fingerprint density at radius 2 is 2.43 bits per heavy atom. The molecule has 0 bridgehead atoms. The molecule has 0 atom stereocenters. The molecular weight excluding hydrogens is 198 g/mol. The predicted octanol–water partition coefficient (Wildman–Crippen LogP) is 1.29. The Morgan fingerprint density at radius 1 is 1.71 bits per heavy atom. The van der Waals surface area contributed by atoms with Crippen molar-refractivity contribution in [3.63, 3.8) is 0 Å². The molecule has 0 spiro atoms. The number of aromatic nitrogens is 1. The lowest BCUT2D eigenvalue weighted by Crippen LogP contribution is -2.08. The fourth-order valence-electron chi connectivity index (χ4n) is 0.847. The first kappa shape index (κ1) is 10.4. The number of thiazole rings is 1. The average Bonchev–Trinajstić information content (AvgIpc) is 2.65. The van der Waals surface area contributed by atoms with E-state index < -0.39 is 0 Å². The highest BCUT2D eigenvalue weighted by Crippen LogP contribution is 2.10. The summed E-state index contributed by atoms with van der Waals surface area (Å²) < 4.78 is 0. The fraction of sp³-hybridized carbons (Fsp3) is 0.222. The second kappa shape index (κ2) is 4.53. The van der Waals surface area contributed by atoms with Crippen molar-refractivity contribution in [2.24, 2.45) is 0 Å². The first-order chi connectivity index (χ1) is 6.65. The summed E-state index contributed by atoms with van der Waals surface area (Å²) in [6.07, 6.45) is 3.03. The highest BCUT2D eigenvalue weighted by molar-refractivity contribution is 7.11. The highest BCUT2D eigenvalue weighted by atomic mass is 32.1.